The molecule has 0 unspecified atom stereocenters. The maximum absolute atomic E-state index is 12.6. The standard InChI is InChI=1S/C21H25NO5/c1-12-8-9-13(2)17(10-12)18(23)11-27-21(26)14(3)22-19(24)15-6-4-5-7-16(15)20(22)25/h8-10,14-16H,4-7,11H2,1-3H3/t14-,15+,16+/m0/s1. The molecule has 1 heterocycles. The Labute approximate surface area is 158 Å². The number of rotatable bonds is 5. The van der Waals surface area contributed by atoms with Crippen molar-refractivity contribution in [3.8, 4) is 0 Å². The van der Waals surface area contributed by atoms with Crippen molar-refractivity contribution in [3.63, 3.8) is 0 Å². The zero-order valence-corrected chi connectivity index (χ0v) is 16.0. The highest BCUT2D eigenvalue weighted by atomic mass is 16.5. The average Bonchev–Trinajstić information content (AvgIpc) is 2.92. The second-order valence-electron chi connectivity index (χ2n) is 7.57. The van der Waals surface area contributed by atoms with Crippen LogP contribution in [-0.2, 0) is 19.1 Å². The highest BCUT2D eigenvalue weighted by Gasteiger charge is 2.51. The van der Waals surface area contributed by atoms with Gasteiger partial charge in [-0.1, -0.05) is 30.5 Å². The van der Waals surface area contributed by atoms with E-state index in [-0.39, 0.29) is 29.4 Å². The minimum atomic E-state index is -1.01. The van der Waals surface area contributed by atoms with Gasteiger partial charge in [0.25, 0.3) is 0 Å². The molecule has 0 bridgehead atoms. The smallest absolute Gasteiger partial charge is 0.329 e. The van der Waals surface area contributed by atoms with Gasteiger partial charge >= 0.3 is 5.97 Å². The van der Waals surface area contributed by atoms with Crippen molar-refractivity contribution >= 4 is 23.6 Å². The van der Waals surface area contributed by atoms with Gasteiger partial charge in [-0.05, 0) is 45.2 Å². The summed E-state index contributed by atoms with van der Waals surface area (Å²) in [5, 5.41) is 0. The van der Waals surface area contributed by atoms with Gasteiger partial charge in [0.05, 0.1) is 11.8 Å². The third-order valence-electron chi connectivity index (χ3n) is 5.64. The number of likely N-dealkylation sites (tertiary alicyclic amines) is 1. The first kappa shape index (κ1) is 19.3. The van der Waals surface area contributed by atoms with E-state index in [1.54, 1.807) is 6.07 Å². The van der Waals surface area contributed by atoms with E-state index in [1.165, 1.54) is 6.92 Å². The Kier molecular flexibility index (Phi) is 5.44. The van der Waals surface area contributed by atoms with E-state index >= 15 is 0 Å². The summed E-state index contributed by atoms with van der Waals surface area (Å²) < 4.78 is 5.14. The third-order valence-corrected chi connectivity index (χ3v) is 5.64. The van der Waals surface area contributed by atoms with Crippen molar-refractivity contribution in [2.24, 2.45) is 11.8 Å². The first-order valence-corrected chi connectivity index (χ1v) is 9.45. The van der Waals surface area contributed by atoms with E-state index in [1.807, 2.05) is 26.0 Å². The Morgan fingerprint density at radius 1 is 1.11 bits per heavy atom. The van der Waals surface area contributed by atoms with Gasteiger partial charge in [-0.3, -0.25) is 19.3 Å². The van der Waals surface area contributed by atoms with E-state index in [0.29, 0.717) is 18.4 Å². The molecule has 3 rings (SSSR count). The maximum atomic E-state index is 12.6. The zero-order valence-electron chi connectivity index (χ0n) is 16.0. The number of carbonyl (C=O) groups is 4. The minimum Gasteiger partial charge on any atom is -0.456 e. The molecule has 1 saturated heterocycles. The number of aryl methyl sites for hydroxylation is 2. The predicted octanol–water partition coefficient (Wildman–Crippen LogP) is 2.59. The van der Waals surface area contributed by atoms with E-state index in [9.17, 15) is 19.2 Å². The summed E-state index contributed by atoms with van der Waals surface area (Å²) in [5.41, 5.74) is 2.26. The zero-order chi connectivity index (χ0) is 19.7. The molecule has 6 nitrogen and oxygen atoms in total. The van der Waals surface area contributed by atoms with Crippen LogP contribution in [0.25, 0.3) is 0 Å². The number of hydrogen-bond donors (Lipinski definition) is 0. The Morgan fingerprint density at radius 2 is 1.70 bits per heavy atom. The fraction of sp³-hybridized carbons (Fsp3) is 0.524. The third kappa shape index (κ3) is 3.66. The van der Waals surface area contributed by atoms with Crippen LogP contribution in [0.1, 0.15) is 54.1 Å². The van der Waals surface area contributed by atoms with Crippen LogP contribution in [0.5, 0.6) is 0 Å². The minimum absolute atomic E-state index is 0.282. The molecular formula is C21H25NO5. The summed E-state index contributed by atoms with van der Waals surface area (Å²) in [6.45, 7) is 4.78. The number of fused-ring (bicyclic) bond motifs is 1. The van der Waals surface area contributed by atoms with Crippen molar-refractivity contribution < 1.29 is 23.9 Å². The lowest BCUT2D eigenvalue weighted by Gasteiger charge is -2.21. The van der Waals surface area contributed by atoms with Crippen molar-refractivity contribution in [2.75, 3.05) is 6.61 Å². The van der Waals surface area contributed by atoms with Crippen LogP contribution in [-0.4, -0.2) is 41.1 Å². The van der Waals surface area contributed by atoms with Crippen LogP contribution in [0, 0.1) is 25.7 Å². The van der Waals surface area contributed by atoms with Gasteiger partial charge in [-0.2, -0.15) is 0 Å². The SMILES string of the molecule is Cc1ccc(C)c(C(=O)COC(=O)[C@H](C)N2C(=O)[C@@H]3CCCC[C@H]3C2=O)c1. The molecule has 0 aromatic heterocycles. The highest BCUT2D eigenvalue weighted by molar-refractivity contribution is 6.08. The van der Waals surface area contributed by atoms with Gasteiger partial charge in [0.1, 0.15) is 6.04 Å². The molecule has 1 aliphatic heterocycles. The first-order chi connectivity index (χ1) is 12.8. The molecular weight excluding hydrogens is 346 g/mol. The molecule has 3 atom stereocenters. The van der Waals surface area contributed by atoms with E-state index in [4.69, 9.17) is 4.74 Å². The molecule has 1 saturated carbocycles. The Morgan fingerprint density at radius 3 is 2.30 bits per heavy atom. The Balaban J connectivity index is 1.64. The highest BCUT2D eigenvalue weighted by Crippen LogP contribution is 2.38. The quantitative estimate of drug-likeness (QED) is 0.451. The van der Waals surface area contributed by atoms with Gasteiger partial charge in [0.2, 0.25) is 17.6 Å². The molecule has 144 valence electrons. The molecule has 0 spiro atoms. The van der Waals surface area contributed by atoms with Crippen molar-refractivity contribution in [1.29, 1.82) is 0 Å². The fourth-order valence-electron chi connectivity index (χ4n) is 4.05. The normalized spacial score (nSPS) is 23.1. The number of ether oxygens (including phenoxy) is 1. The molecule has 0 N–H and O–H groups in total. The molecule has 6 heteroatoms. The Bertz CT molecular complexity index is 776. The number of nitrogens with zero attached hydrogens (tertiary/aromatic N) is 1. The summed E-state index contributed by atoms with van der Waals surface area (Å²) in [5.74, 6) is -2.21. The number of ketones is 1. The van der Waals surface area contributed by atoms with E-state index < -0.39 is 18.6 Å². The van der Waals surface area contributed by atoms with Crippen LogP contribution in [0.15, 0.2) is 18.2 Å². The number of Topliss-reactive ketones (excluding diaryl/α,β-unsaturated/α-hetero) is 1. The number of carbonyl (C=O) groups excluding carboxylic acids is 4. The predicted molar refractivity (Wildman–Crippen MR) is 98.0 cm³/mol. The number of hydrogen-bond acceptors (Lipinski definition) is 5. The van der Waals surface area contributed by atoms with Crippen LogP contribution in [0.3, 0.4) is 0 Å². The van der Waals surface area contributed by atoms with Gasteiger partial charge in [-0.25, -0.2) is 4.79 Å². The van der Waals surface area contributed by atoms with Crippen LogP contribution < -0.4 is 0 Å². The van der Waals surface area contributed by atoms with Gasteiger partial charge < -0.3 is 4.74 Å². The average molecular weight is 371 g/mol. The summed E-state index contributed by atoms with van der Waals surface area (Å²) in [7, 11) is 0. The monoisotopic (exact) mass is 371 g/mol. The molecule has 1 aromatic carbocycles. The fourth-order valence-corrected chi connectivity index (χ4v) is 4.05. The lowest BCUT2D eigenvalue weighted by molar-refractivity contribution is -0.157. The second kappa shape index (κ2) is 7.62. The van der Waals surface area contributed by atoms with Crippen molar-refractivity contribution in [1.82, 2.24) is 4.90 Å². The molecule has 27 heavy (non-hydrogen) atoms. The topological polar surface area (TPSA) is 80.8 Å². The van der Waals surface area contributed by atoms with Gasteiger partial charge in [-0.15, -0.1) is 0 Å². The van der Waals surface area contributed by atoms with Crippen LogP contribution in [0.2, 0.25) is 0 Å². The summed E-state index contributed by atoms with van der Waals surface area (Å²) in [6.07, 6.45) is 3.24. The maximum Gasteiger partial charge on any atom is 0.329 e. The van der Waals surface area contributed by atoms with Gasteiger partial charge in [0, 0.05) is 5.56 Å². The molecule has 2 aliphatic rings. The summed E-state index contributed by atoms with van der Waals surface area (Å²) in [6, 6.07) is 4.50. The Hall–Kier alpha value is -2.50. The first-order valence-electron chi connectivity index (χ1n) is 9.45. The number of imide groups is 1. The number of amides is 2. The second-order valence-corrected chi connectivity index (χ2v) is 7.57. The molecule has 2 fully saturated rings. The lowest BCUT2D eigenvalue weighted by Crippen LogP contribution is -2.44. The van der Waals surface area contributed by atoms with Crippen LogP contribution in [0.4, 0.5) is 0 Å². The van der Waals surface area contributed by atoms with Gasteiger partial charge in [0.15, 0.2) is 6.61 Å². The van der Waals surface area contributed by atoms with Crippen LogP contribution >= 0.6 is 0 Å². The number of benzene rings is 1. The van der Waals surface area contributed by atoms with Crippen molar-refractivity contribution in [3.05, 3.63) is 34.9 Å². The van der Waals surface area contributed by atoms with E-state index in [2.05, 4.69) is 0 Å². The van der Waals surface area contributed by atoms with Crippen molar-refractivity contribution in [2.45, 2.75) is 52.5 Å². The molecule has 1 aliphatic carbocycles. The van der Waals surface area contributed by atoms with E-state index in [0.717, 1.165) is 28.9 Å². The molecule has 2 amide bonds. The summed E-state index contributed by atoms with van der Waals surface area (Å²) >= 11 is 0. The molecule has 1 aromatic rings. The summed E-state index contributed by atoms with van der Waals surface area (Å²) in [4.78, 5) is 51.0. The largest absolute Gasteiger partial charge is 0.456 e. The number of esters is 1. The molecule has 0 radical (unpaired) electrons. The lowest BCUT2D eigenvalue weighted by atomic mass is 9.81.